The maximum absolute atomic E-state index is 3.51. The lowest BCUT2D eigenvalue weighted by atomic mass is 9.84. The van der Waals surface area contributed by atoms with E-state index in [9.17, 15) is 0 Å². The van der Waals surface area contributed by atoms with Gasteiger partial charge in [0.25, 0.3) is 0 Å². The maximum atomic E-state index is 3.51. The molecule has 0 aliphatic heterocycles. The zero-order valence-electron chi connectivity index (χ0n) is 13.1. The summed E-state index contributed by atoms with van der Waals surface area (Å²) >= 11 is 1.99. The topological polar surface area (TPSA) is 12.0 Å². The summed E-state index contributed by atoms with van der Waals surface area (Å²) in [5.41, 5.74) is 4.97. The molecular weight excluding hydrogens is 262 g/mol. The summed E-state index contributed by atoms with van der Waals surface area (Å²) < 4.78 is 1.49. The lowest BCUT2D eigenvalue weighted by Crippen LogP contribution is -2.17. The summed E-state index contributed by atoms with van der Waals surface area (Å²) in [6.07, 6.45) is 3.88. The van der Waals surface area contributed by atoms with Gasteiger partial charge in [-0.05, 0) is 65.4 Å². The smallest absolute Gasteiger partial charge is 0.0352 e. The van der Waals surface area contributed by atoms with Gasteiger partial charge in [0.2, 0.25) is 0 Å². The molecule has 0 saturated heterocycles. The van der Waals surface area contributed by atoms with E-state index in [-0.39, 0.29) is 5.41 Å². The number of benzene rings is 1. The minimum absolute atomic E-state index is 0.218. The standard InChI is InChI=1S/C18H25NS/c1-5-19-11-16-17(18(2,3)4)14-9-12-7-6-8-13(12)10-15(14)20-16/h9-10,19H,5-8,11H2,1-4H3. The molecule has 1 aromatic carbocycles. The van der Waals surface area contributed by atoms with Crippen LogP contribution in [0.4, 0.5) is 0 Å². The number of aryl methyl sites for hydroxylation is 2. The van der Waals surface area contributed by atoms with Crippen molar-refractivity contribution >= 4 is 21.4 Å². The van der Waals surface area contributed by atoms with Gasteiger partial charge in [0.1, 0.15) is 0 Å². The molecule has 20 heavy (non-hydrogen) atoms. The first kappa shape index (κ1) is 14.1. The molecule has 1 heterocycles. The minimum atomic E-state index is 0.218. The van der Waals surface area contributed by atoms with Gasteiger partial charge in [-0.25, -0.2) is 0 Å². The van der Waals surface area contributed by atoms with Crippen molar-refractivity contribution in [3.05, 3.63) is 33.7 Å². The van der Waals surface area contributed by atoms with Crippen LogP contribution in [0.2, 0.25) is 0 Å². The van der Waals surface area contributed by atoms with Crippen molar-refractivity contribution in [2.45, 2.75) is 58.9 Å². The Bertz CT molecular complexity index is 631. The number of thiophene rings is 1. The number of hydrogen-bond donors (Lipinski definition) is 1. The van der Waals surface area contributed by atoms with E-state index in [1.165, 1.54) is 34.2 Å². The van der Waals surface area contributed by atoms with Crippen LogP contribution in [0.25, 0.3) is 10.1 Å². The summed E-state index contributed by atoms with van der Waals surface area (Å²) in [5.74, 6) is 0. The Hall–Kier alpha value is -0.860. The van der Waals surface area contributed by atoms with E-state index < -0.39 is 0 Å². The molecule has 2 aromatic rings. The number of nitrogens with one attached hydrogen (secondary N) is 1. The molecule has 0 spiro atoms. The molecule has 0 saturated carbocycles. The third-order valence-electron chi connectivity index (χ3n) is 4.26. The Morgan fingerprint density at radius 2 is 1.85 bits per heavy atom. The van der Waals surface area contributed by atoms with Gasteiger partial charge in [-0.1, -0.05) is 27.7 Å². The van der Waals surface area contributed by atoms with Crippen molar-refractivity contribution in [2.24, 2.45) is 0 Å². The normalized spacial score (nSPS) is 15.0. The Kier molecular flexibility index (Phi) is 3.64. The van der Waals surface area contributed by atoms with Crippen LogP contribution in [-0.4, -0.2) is 6.54 Å². The number of hydrogen-bond acceptors (Lipinski definition) is 2. The molecule has 1 aliphatic carbocycles. The van der Waals surface area contributed by atoms with Crippen LogP contribution in [0.15, 0.2) is 12.1 Å². The van der Waals surface area contributed by atoms with Crippen molar-refractivity contribution in [3.8, 4) is 0 Å². The van der Waals surface area contributed by atoms with Crippen LogP contribution < -0.4 is 5.32 Å². The van der Waals surface area contributed by atoms with E-state index in [2.05, 4.69) is 45.1 Å². The molecule has 108 valence electrons. The highest BCUT2D eigenvalue weighted by molar-refractivity contribution is 7.19. The third-order valence-corrected chi connectivity index (χ3v) is 5.41. The average Bonchev–Trinajstić information content (AvgIpc) is 2.94. The van der Waals surface area contributed by atoms with Gasteiger partial charge in [-0.15, -0.1) is 11.3 Å². The zero-order valence-corrected chi connectivity index (χ0v) is 13.9. The zero-order chi connectivity index (χ0) is 14.3. The molecule has 0 unspecified atom stereocenters. The van der Waals surface area contributed by atoms with Crippen molar-refractivity contribution in [1.82, 2.24) is 5.32 Å². The molecule has 1 aromatic heterocycles. The lowest BCUT2D eigenvalue weighted by molar-refractivity contribution is 0.585. The molecule has 0 fully saturated rings. The van der Waals surface area contributed by atoms with Crippen molar-refractivity contribution < 1.29 is 0 Å². The van der Waals surface area contributed by atoms with Crippen LogP contribution in [0, 0.1) is 0 Å². The van der Waals surface area contributed by atoms with Gasteiger partial charge in [0, 0.05) is 16.1 Å². The molecule has 0 bridgehead atoms. The second kappa shape index (κ2) is 5.16. The quantitative estimate of drug-likeness (QED) is 0.855. The Morgan fingerprint density at radius 3 is 2.50 bits per heavy atom. The van der Waals surface area contributed by atoms with E-state index in [4.69, 9.17) is 0 Å². The van der Waals surface area contributed by atoms with Gasteiger partial charge < -0.3 is 5.32 Å². The highest BCUT2D eigenvalue weighted by atomic mass is 32.1. The molecule has 0 radical (unpaired) electrons. The highest BCUT2D eigenvalue weighted by Gasteiger charge is 2.25. The van der Waals surface area contributed by atoms with Crippen molar-refractivity contribution in [2.75, 3.05) is 6.54 Å². The van der Waals surface area contributed by atoms with Gasteiger partial charge in [0.15, 0.2) is 0 Å². The summed E-state index contributed by atoms with van der Waals surface area (Å²) in [6.45, 7) is 11.3. The Balaban J connectivity index is 2.18. The van der Waals surface area contributed by atoms with Crippen LogP contribution in [0.3, 0.4) is 0 Å². The predicted octanol–water partition coefficient (Wildman–Crippen LogP) is 4.80. The average molecular weight is 287 g/mol. The summed E-state index contributed by atoms with van der Waals surface area (Å²) in [6, 6.07) is 4.96. The largest absolute Gasteiger partial charge is 0.312 e. The van der Waals surface area contributed by atoms with E-state index in [1.54, 1.807) is 16.7 Å². The SMILES string of the molecule is CCNCc1sc2cc3c(cc2c1C(C)(C)C)CCC3. The lowest BCUT2D eigenvalue weighted by Gasteiger charge is -2.21. The van der Waals surface area contributed by atoms with Crippen molar-refractivity contribution in [1.29, 1.82) is 0 Å². The first-order chi connectivity index (χ1) is 9.50. The number of rotatable bonds is 3. The van der Waals surface area contributed by atoms with Gasteiger partial charge in [-0.2, -0.15) is 0 Å². The second-order valence-electron chi connectivity index (χ2n) is 6.90. The first-order valence-electron chi connectivity index (χ1n) is 7.79. The fourth-order valence-corrected chi connectivity index (χ4v) is 4.83. The van der Waals surface area contributed by atoms with Crippen LogP contribution in [0.5, 0.6) is 0 Å². The predicted molar refractivity (Wildman–Crippen MR) is 89.9 cm³/mol. The van der Waals surface area contributed by atoms with Gasteiger partial charge >= 0.3 is 0 Å². The molecule has 1 N–H and O–H groups in total. The molecule has 1 aliphatic rings. The Labute approximate surface area is 126 Å². The fourth-order valence-electron chi connectivity index (χ4n) is 3.40. The molecule has 0 atom stereocenters. The third kappa shape index (κ3) is 2.40. The summed E-state index contributed by atoms with van der Waals surface area (Å²) in [7, 11) is 0. The summed E-state index contributed by atoms with van der Waals surface area (Å²) in [5, 5.41) is 5.02. The van der Waals surface area contributed by atoms with Gasteiger partial charge in [0.05, 0.1) is 0 Å². The first-order valence-corrected chi connectivity index (χ1v) is 8.60. The molecule has 1 nitrogen and oxygen atoms in total. The van der Waals surface area contributed by atoms with Gasteiger partial charge in [-0.3, -0.25) is 0 Å². The maximum Gasteiger partial charge on any atom is 0.0352 e. The van der Waals surface area contributed by atoms with E-state index in [0.717, 1.165) is 13.1 Å². The molecular formula is C18H25NS. The van der Waals surface area contributed by atoms with Crippen LogP contribution in [-0.2, 0) is 24.8 Å². The molecule has 2 heteroatoms. The van der Waals surface area contributed by atoms with Crippen LogP contribution in [0.1, 0.15) is 55.7 Å². The summed E-state index contributed by atoms with van der Waals surface area (Å²) in [4.78, 5) is 1.53. The second-order valence-corrected chi connectivity index (χ2v) is 8.04. The fraction of sp³-hybridized carbons (Fsp3) is 0.556. The monoisotopic (exact) mass is 287 g/mol. The minimum Gasteiger partial charge on any atom is -0.312 e. The van der Waals surface area contributed by atoms with Crippen molar-refractivity contribution in [3.63, 3.8) is 0 Å². The van der Waals surface area contributed by atoms with Crippen LogP contribution >= 0.6 is 11.3 Å². The number of fused-ring (bicyclic) bond motifs is 2. The Morgan fingerprint density at radius 1 is 1.15 bits per heavy atom. The van der Waals surface area contributed by atoms with E-state index in [1.807, 2.05) is 11.3 Å². The van der Waals surface area contributed by atoms with E-state index >= 15 is 0 Å². The van der Waals surface area contributed by atoms with E-state index in [0.29, 0.717) is 0 Å². The molecule has 0 amide bonds. The highest BCUT2D eigenvalue weighted by Crippen LogP contribution is 2.41. The molecule has 3 rings (SSSR count).